The van der Waals surface area contributed by atoms with Crippen LogP contribution in [0.1, 0.15) is 17.5 Å². The van der Waals surface area contributed by atoms with E-state index in [2.05, 4.69) is 21.4 Å². The van der Waals surface area contributed by atoms with E-state index in [-0.39, 0.29) is 0 Å². The lowest BCUT2D eigenvalue weighted by molar-refractivity contribution is -0.367. The number of aliphatic carboxylic acids is 2. The zero-order valence-corrected chi connectivity index (χ0v) is 20.5. The van der Waals surface area contributed by atoms with Gasteiger partial charge in [0.05, 0.1) is 25.2 Å². The van der Waals surface area contributed by atoms with E-state index < -0.39 is 24.5 Å². The molecule has 2 heterocycles. The van der Waals surface area contributed by atoms with Gasteiger partial charge in [0.25, 0.3) is 0 Å². The molecule has 0 radical (unpaired) electrons. The maximum atomic E-state index is 9.58. The van der Waals surface area contributed by atoms with E-state index >= 15 is 0 Å². The Morgan fingerprint density at radius 3 is 1.60 bits per heavy atom. The standard InChI is InChI=1S/2C10H11ClN2.C4H6O5/c2*11-8-1-2-10-9(5-8)7(3-4-12)6-13-10;5-2(4(8)9)1-3(6)7/h2*1-2,5-6,13H,3-4,12H2;2,5H,1H2,(H,6,7)(H,8,9). The normalized spacial score (nSPS) is 11.3. The van der Waals surface area contributed by atoms with Crippen molar-refractivity contribution in [2.75, 3.05) is 13.1 Å². The summed E-state index contributed by atoms with van der Waals surface area (Å²) in [6, 6.07) is 11.8. The van der Waals surface area contributed by atoms with Gasteiger partial charge in [0, 0.05) is 69.5 Å². The number of carboxylic acids is 2. The van der Waals surface area contributed by atoms with Crippen LogP contribution >= 0.6 is 23.2 Å². The number of aromatic amines is 2. The molecule has 1 unspecified atom stereocenters. The average Bonchev–Trinajstić information content (AvgIpc) is 3.38. The maximum absolute atomic E-state index is 9.58. The SMILES string of the molecule is O=C([O-])CC(O)C(=O)[O-].[NH3+]CCc1c[nH]c2ccc(Cl)cc12.[NH3+]CCc1c[nH]c2ccc(Cl)cc12. The van der Waals surface area contributed by atoms with Crippen molar-refractivity contribution in [3.8, 4) is 0 Å². The van der Waals surface area contributed by atoms with Crippen LogP contribution in [-0.4, -0.2) is 46.2 Å². The molecule has 11 heteroatoms. The molecule has 0 bridgehead atoms. The minimum atomic E-state index is -1.96. The fraction of sp³-hybridized carbons (Fsp3) is 0.250. The number of benzene rings is 2. The van der Waals surface area contributed by atoms with Crippen LogP contribution in [0.15, 0.2) is 48.8 Å². The topological polar surface area (TPSA) is 187 Å². The van der Waals surface area contributed by atoms with Crippen molar-refractivity contribution < 1.29 is 36.4 Å². The molecule has 188 valence electrons. The second-order valence-electron chi connectivity index (χ2n) is 7.63. The summed E-state index contributed by atoms with van der Waals surface area (Å²) < 4.78 is 0. The fourth-order valence-electron chi connectivity index (χ4n) is 3.34. The number of nitrogens with one attached hydrogen (secondary N) is 2. The minimum Gasteiger partial charge on any atom is -0.550 e. The molecule has 1 atom stereocenters. The van der Waals surface area contributed by atoms with Gasteiger partial charge in [-0.3, -0.25) is 0 Å². The lowest BCUT2D eigenvalue weighted by atomic mass is 10.1. The van der Waals surface area contributed by atoms with Crippen LogP contribution in [0.2, 0.25) is 10.0 Å². The van der Waals surface area contributed by atoms with Gasteiger partial charge in [-0.05, 0) is 47.5 Å². The van der Waals surface area contributed by atoms with Crippen molar-refractivity contribution in [1.29, 1.82) is 0 Å². The van der Waals surface area contributed by atoms with Gasteiger partial charge in [-0.1, -0.05) is 23.2 Å². The predicted octanol–water partition coefficient (Wildman–Crippen LogP) is -0.551. The number of carbonyl (C=O) groups is 2. The van der Waals surface area contributed by atoms with E-state index in [1.807, 2.05) is 48.8 Å². The van der Waals surface area contributed by atoms with E-state index in [1.165, 1.54) is 21.9 Å². The first-order valence-corrected chi connectivity index (χ1v) is 11.6. The Morgan fingerprint density at radius 1 is 0.857 bits per heavy atom. The van der Waals surface area contributed by atoms with Crippen LogP contribution in [0.5, 0.6) is 0 Å². The highest BCUT2D eigenvalue weighted by Crippen LogP contribution is 2.23. The first-order valence-electron chi connectivity index (χ1n) is 10.8. The first kappa shape index (κ1) is 28.2. The Balaban J connectivity index is 0.000000190. The lowest BCUT2D eigenvalue weighted by Crippen LogP contribution is -2.51. The molecule has 9 nitrogen and oxygen atoms in total. The minimum absolute atomic E-state index is 0.789. The number of fused-ring (bicyclic) bond motifs is 2. The third kappa shape index (κ3) is 8.57. The second-order valence-corrected chi connectivity index (χ2v) is 8.50. The van der Waals surface area contributed by atoms with Gasteiger partial charge in [-0.25, -0.2) is 0 Å². The maximum Gasteiger partial charge on any atom is 0.0985 e. The highest BCUT2D eigenvalue weighted by atomic mass is 35.5. The van der Waals surface area contributed by atoms with E-state index in [9.17, 15) is 19.8 Å². The third-order valence-corrected chi connectivity index (χ3v) is 5.45. The molecule has 4 aromatic rings. The molecule has 0 saturated heterocycles. The quantitative estimate of drug-likeness (QED) is 0.217. The molecule has 0 aliphatic rings. The van der Waals surface area contributed by atoms with Crippen LogP contribution in [-0.2, 0) is 22.4 Å². The molecule has 0 spiro atoms. The number of aromatic nitrogens is 2. The predicted molar refractivity (Wildman–Crippen MR) is 130 cm³/mol. The summed E-state index contributed by atoms with van der Waals surface area (Å²) in [5, 5.41) is 31.4. The lowest BCUT2D eigenvalue weighted by Gasteiger charge is -2.10. The number of aliphatic hydroxyl groups excluding tert-OH is 1. The number of hydrogen-bond acceptors (Lipinski definition) is 5. The van der Waals surface area contributed by atoms with Crippen LogP contribution in [0, 0.1) is 0 Å². The van der Waals surface area contributed by atoms with Crippen molar-refractivity contribution >= 4 is 56.9 Å². The molecule has 0 aliphatic carbocycles. The Morgan fingerprint density at radius 2 is 1.29 bits per heavy atom. The molecule has 4 rings (SSSR count). The summed E-state index contributed by atoms with van der Waals surface area (Å²) in [6.45, 7) is 1.83. The van der Waals surface area contributed by atoms with Crippen molar-refractivity contribution in [1.82, 2.24) is 9.97 Å². The largest absolute Gasteiger partial charge is 0.550 e. The summed E-state index contributed by atoms with van der Waals surface area (Å²) in [5.74, 6) is -3.43. The van der Waals surface area contributed by atoms with E-state index in [0.717, 1.165) is 47.0 Å². The Bertz CT molecular complexity index is 1190. The van der Waals surface area contributed by atoms with Gasteiger partial charge >= 0.3 is 0 Å². The number of carbonyl (C=O) groups excluding carboxylic acids is 2. The Labute approximate surface area is 211 Å². The molecular formula is C24H28Cl2N4O5. The van der Waals surface area contributed by atoms with Crippen molar-refractivity contribution in [3.63, 3.8) is 0 Å². The average molecular weight is 523 g/mol. The molecule has 0 aliphatic heterocycles. The van der Waals surface area contributed by atoms with Crippen molar-refractivity contribution in [2.24, 2.45) is 0 Å². The summed E-state index contributed by atoms with van der Waals surface area (Å²) >= 11 is 11.8. The fourth-order valence-corrected chi connectivity index (χ4v) is 3.68. The number of halogens is 2. The van der Waals surface area contributed by atoms with Crippen LogP contribution in [0.4, 0.5) is 0 Å². The Kier molecular flexibility index (Phi) is 11.0. The van der Waals surface area contributed by atoms with Crippen LogP contribution in [0.25, 0.3) is 21.8 Å². The van der Waals surface area contributed by atoms with E-state index in [1.54, 1.807) is 0 Å². The molecule has 2 aromatic heterocycles. The van der Waals surface area contributed by atoms with Gasteiger partial charge in [-0.15, -0.1) is 0 Å². The van der Waals surface area contributed by atoms with Gasteiger partial charge in [-0.2, -0.15) is 0 Å². The summed E-state index contributed by atoms with van der Waals surface area (Å²) in [4.78, 5) is 25.6. The number of rotatable bonds is 7. The smallest absolute Gasteiger partial charge is 0.0985 e. The van der Waals surface area contributed by atoms with E-state index in [4.69, 9.17) is 28.3 Å². The summed E-state index contributed by atoms with van der Waals surface area (Å²) in [6.07, 6.45) is 3.18. The zero-order chi connectivity index (χ0) is 26.0. The zero-order valence-electron chi connectivity index (χ0n) is 19.0. The second kappa shape index (κ2) is 13.7. The third-order valence-electron chi connectivity index (χ3n) is 4.98. The summed E-state index contributed by atoms with van der Waals surface area (Å²) in [7, 11) is 0. The van der Waals surface area contributed by atoms with Gasteiger partial charge in [0.15, 0.2) is 0 Å². The highest BCUT2D eigenvalue weighted by Gasteiger charge is 2.05. The molecule has 0 amide bonds. The molecule has 2 aromatic carbocycles. The Hall–Kier alpha value is -3.08. The number of quaternary nitrogens is 2. The molecule has 35 heavy (non-hydrogen) atoms. The van der Waals surface area contributed by atoms with Crippen LogP contribution in [0.3, 0.4) is 0 Å². The number of H-pyrrole nitrogens is 2. The highest BCUT2D eigenvalue weighted by molar-refractivity contribution is 6.31. The monoisotopic (exact) mass is 522 g/mol. The van der Waals surface area contributed by atoms with Crippen LogP contribution < -0.4 is 21.7 Å². The van der Waals surface area contributed by atoms with Crippen molar-refractivity contribution in [2.45, 2.75) is 25.4 Å². The first-order chi connectivity index (χ1) is 16.7. The summed E-state index contributed by atoms with van der Waals surface area (Å²) in [5.41, 5.74) is 12.6. The molecular weight excluding hydrogens is 495 g/mol. The molecule has 0 fully saturated rings. The van der Waals surface area contributed by atoms with Crippen molar-refractivity contribution in [3.05, 3.63) is 70.0 Å². The van der Waals surface area contributed by atoms with E-state index in [0.29, 0.717) is 0 Å². The molecule has 0 saturated carbocycles. The van der Waals surface area contributed by atoms with Gasteiger partial charge in [0.2, 0.25) is 0 Å². The van der Waals surface area contributed by atoms with Gasteiger partial charge < -0.3 is 46.3 Å². The number of hydrogen-bond donors (Lipinski definition) is 5. The molecule has 9 N–H and O–H groups in total. The number of aliphatic hydroxyl groups is 1. The number of carboxylic acid groups (broad SMARTS) is 2. The van der Waals surface area contributed by atoms with Gasteiger partial charge in [0.1, 0.15) is 0 Å².